The Labute approximate surface area is 230 Å². The molecule has 4 aromatic rings. The predicted molar refractivity (Wildman–Crippen MR) is 147 cm³/mol. The van der Waals surface area contributed by atoms with Crippen molar-refractivity contribution < 1.29 is 14.0 Å². The number of carbonyl (C=O) groups is 2. The lowest BCUT2D eigenvalue weighted by atomic mass is 9.89. The Kier molecular flexibility index (Phi) is 7.38. The van der Waals surface area contributed by atoms with Gasteiger partial charge in [0.25, 0.3) is 5.89 Å². The van der Waals surface area contributed by atoms with E-state index in [0.717, 1.165) is 18.4 Å². The maximum Gasteiger partial charge on any atom is 0.309 e. The first-order chi connectivity index (χ1) is 17.8. The van der Waals surface area contributed by atoms with Crippen LogP contribution in [-0.2, 0) is 0 Å². The number of rotatable bonds is 5. The molecule has 5 nitrogen and oxygen atoms in total. The lowest BCUT2D eigenvalue weighted by Crippen LogP contribution is -2.38. The van der Waals surface area contributed by atoms with Crippen molar-refractivity contribution in [2.75, 3.05) is 13.1 Å². The van der Waals surface area contributed by atoms with Gasteiger partial charge in [-0.1, -0.05) is 59.1 Å². The maximum absolute atomic E-state index is 13.4. The standard InChI is InChI=1S/C29H23Cl3N2O3/c1-17(35)18-2-4-19(5-3-18)20-12-14-34(15-13-20)29(36)28-33-26(24-11-10-23(31)16-25(24)32)27(37-28)21-6-8-22(30)9-7-21/h2-11,16,20H,12-15H2,1H3. The zero-order valence-corrected chi connectivity index (χ0v) is 22.3. The number of hydrogen-bond donors (Lipinski definition) is 0. The summed E-state index contributed by atoms with van der Waals surface area (Å²) in [4.78, 5) is 31.4. The number of aromatic nitrogens is 1. The lowest BCUT2D eigenvalue weighted by molar-refractivity contribution is 0.0673. The summed E-state index contributed by atoms with van der Waals surface area (Å²) in [5.41, 5.74) is 3.69. The van der Waals surface area contributed by atoms with Crippen molar-refractivity contribution in [1.82, 2.24) is 9.88 Å². The molecule has 8 heteroatoms. The van der Waals surface area contributed by atoms with Crippen molar-refractivity contribution in [3.8, 4) is 22.6 Å². The normalized spacial score (nSPS) is 14.1. The van der Waals surface area contributed by atoms with Gasteiger partial charge in [0.15, 0.2) is 11.5 Å². The molecule has 5 rings (SSSR count). The van der Waals surface area contributed by atoms with Crippen LogP contribution in [0.1, 0.15) is 52.3 Å². The molecule has 1 aliphatic heterocycles. The maximum atomic E-state index is 13.4. The average molecular weight is 554 g/mol. The first kappa shape index (κ1) is 25.5. The third kappa shape index (κ3) is 5.45. The Morgan fingerprint density at radius 2 is 1.54 bits per heavy atom. The summed E-state index contributed by atoms with van der Waals surface area (Å²) < 4.78 is 6.07. The molecule has 188 valence electrons. The van der Waals surface area contributed by atoms with E-state index in [1.807, 2.05) is 36.4 Å². The lowest BCUT2D eigenvalue weighted by Gasteiger charge is -2.31. The second kappa shape index (κ2) is 10.7. The molecule has 0 unspecified atom stereocenters. The third-order valence-corrected chi connectivity index (χ3v) is 7.47. The van der Waals surface area contributed by atoms with Crippen LogP contribution in [0.25, 0.3) is 22.6 Å². The number of hydrogen-bond acceptors (Lipinski definition) is 4. The molecule has 0 saturated carbocycles. The fourth-order valence-electron chi connectivity index (χ4n) is 4.61. The fourth-order valence-corrected chi connectivity index (χ4v) is 5.24. The molecule has 0 bridgehead atoms. The molecule has 0 N–H and O–H groups in total. The molecule has 0 atom stereocenters. The number of oxazole rings is 1. The minimum Gasteiger partial charge on any atom is -0.432 e. The van der Waals surface area contributed by atoms with E-state index in [9.17, 15) is 9.59 Å². The Morgan fingerprint density at radius 3 is 2.16 bits per heavy atom. The van der Waals surface area contributed by atoms with Crippen LogP contribution in [0.3, 0.4) is 0 Å². The van der Waals surface area contributed by atoms with Gasteiger partial charge in [0.1, 0.15) is 5.69 Å². The van der Waals surface area contributed by atoms with E-state index in [1.54, 1.807) is 42.2 Å². The van der Waals surface area contributed by atoms with Gasteiger partial charge in [0, 0.05) is 39.8 Å². The van der Waals surface area contributed by atoms with Crippen LogP contribution in [-0.4, -0.2) is 34.7 Å². The zero-order valence-electron chi connectivity index (χ0n) is 20.0. The zero-order chi connectivity index (χ0) is 26.1. The molecule has 0 spiro atoms. The van der Waals surface area contributed by atoms with Gasteiger partial charge in [-0.25, -0.2) is 4.98 Å². The number of piperidine rings is 1. The van der Waals surface area contributed by atoms with Crippen LogP contribution in [0.2, 0.25) is 15.1 Å². The highest BCUT2D eigenvalue weighted by Crippen LogP contribution is 2.38. The van der Waals surface area contributed by atoms with Crippen molar-refractivity contribution in [2.45, 2.75) is 25.7 Å². The number of halogens is 3. The van der Waals surface area contributed by atoms with E-state index < -0.39 is 0 Å². The van der Waals surface area contributed by atoms with Crippen molar-refractivity contribution in [3.05, 3.63) is 98.8 Å². The molecular formula is C29H23Cl3N2O3. The topological polar surface area (TPSA) is 63.4 Å². The largest absolute Gasteiger partial charge is 0.432 e. The molecule has 0 aliphatic carbocycles. The summed E-state index contributed by atoms with van der Waals surface area (Å²) in [6.45, 7) is 2.72. The van der Waals surface area contributed by atoms with Gasteiger partial charge in [-0.2, -0.15) is 0 Å². The highest BCUT2D eigenvalue weighted by atomic mass is 35.5. The molecule has 37 heavy (non-hydrogen) atoms. The molecule has 2 heterocycles. The Balaban J connectivity index is 1.39. The Hall–Kier alpha value is -3.12. The summed E-state index contributed by atoms with van der Waals surface area (Å²) in [6.07, 6.45) is 1.62. The molecular weight excluding hydrogens is 531 g/mol. The average Bonchev–Trinajstić information content (AvgIpc) is 3.34. The number of carbonyl (C=O) groups excluding carboxylic acids is 2. The smallest absolute Gasteiger partial charge is 0.309 e. The molecule has 3 aromatic carbocycles. The third-order valence-electron chi connectivity index (χ3n) is 6.67. The van der Waals surface area contributed by atoms with Crippen LogP contribution in [0, 0.1) is 0 Å². The number of benzene rings is 3. The first-order valence-corrected chi connectivity index (χ1v) is 13.1. The van der Waals surface area contributed by atoms with Crippen molar-refractivity contribution in [3.63, 3.8) is 0 Å². The van der Waals surface area contributed by atoms with Crippen molar-refractivity contribution >= 4 is 46.5 Å². The Bertz CT molecular complexity index is 1460. The van der Waals surface area contributed by atoms with Gasteiger partial charge in [-0.05, 0) is 73.7 Å². The minimum absolute atomic E-state index is 0.00947. The van der Waals surface area contributed by atoms with E-state index >= 15 is 0 Å². The quantitative estimate of drug-likeness (QED) is 0.234. The van der Waals surface area contributed by atoms with E-state index in [-0.39, 0.29) is 17.6 Å². The van der Waals surface area contributed by atoms with E-state index in [0.29, 0.717) is 56.7 Å². The number of ketones is 1. The van der Waals surface area contributed by atoms with Gasteiger partial charge in [0.2, 0.25) is 0 Å². The highest BCUT2D eigenvalue weighted by Gasteiger charge is 2.29. The summed E-state index contributed by atoms with van der Waals surface area (Å²) in [5, 5.41) is 1.50. The van der Waals surface area contributed by atoms with E-state index in [2.05, 4.69) is 4.98 Å². The van der Waals surface area contributed by atoms with Crippen LogP contribution in [0.4, 0.5) is 0 Å². The summed E-state index contributed by atoms with van der Waals surface area (Å²) in [6, 6.07) is 20.0. The van der Waals surface area contributed by atoms with Crippen molar-refractivity contribution in [2.24, 2.45) is 0 Å². The monoisotopic (exact) mass is 552 g/mol. The summed E-state index contributed by atoms with van der Waals surface area (Å²) in [5.74, 6) is 0.551. The second-order valence-corrected chi connectivity index (χ2v) is 10.4. The fraction of sp³-hybridized carbons (Fsp3) is 0.207. The number of amides is 1. The van der Waals surface area contributed by atoms with Gasteiger partial charge in [-0.15, -0.1) is 0 Å². The number of nitrogens with zero attached hydrogens (tertiary/aromatic N) is 2. The van der Waals surface area contributed by atoms with Crippen molar-refractivity contribution in [1.29, 1.82) is 0 Å². The number of likely N-dealkylation sites (tertiary alicyclic amines) is 1. The van der Waals surface area contributed by atoms with Gasteiger partial charge >= 0.3 is 5.91 Å². The molecule has 1 amide bonds. The first-order valence-electron chi connectivity index (χ1n) is 11.9. The van der Waals surface area contributed by atoms with Gasteiger partial charge in [-0.3, -0.25) is 9.59 Å². The molecule has 1 aliphatic rings. The van der Waals surface area contributed by atoms with E-state index in [4.69, 9.17) is 39.2 Å². The van der Waals surface area contributed by atoms with Crippen LogP contribution in [0.5, 0.6) is 0 Å². The summed E-state index contributed by atoms with van der Waals surface area (Å²) in [7, 11) is 0. The molecule has 0 radical (unpaired) electrons. The highest BCUT2D eigenvalue weighted by molar-refractivity contribution is 6.36. The Morgan fingerprint density at radius 1 is 0.892 bits per heavy atom. The van der Waals surface area contributed by atoms with Crippen LogP contribution < -0.4 is 0 Å². The molecule has 1 aromatic heterocycles. The van der Waals surface area contributed by atoms with Gasteiger partial charge in [0.05, 0.1) is 5.02 Å². The molecule has 1 fully saturated rings. The van der Waals surface area contributed by atoms with Crippen LogP contribution >= 0.6 is 34.8 Å². The minimum atomic E-state index is -0.267. The number of Topliss-reactive ketones (excluding diaryl/α,β-unsaturated/α-hetero) is 1. The predicted octanol–water partition coefficient (Wildman–Crippen LogP) is 8.19. The second-order valence-electron chi connectivity index (χ2n) is 9.07. The molecule has 1 saturated heterocycles. The van der Waals surface area contributed by atoms with E-state index in [1.165, 1.54) is 5.56 Å². The van der Waals surface area contributed by atoms with Crippen LogP contribution in [0.15, 0.2) is 71.1 Å². The van der Waals surface area contributed by atoms with Gasteiger partial charge < -0.3 is 9.32 Å². The SMILES string of the molecule is CC(=O)c1ccc(C2CCN(C(=O)c3nc(-c4ccc(Cl)cc4Cl)c(-c4ccc(Cl)cc4)o3)CC2)cc1. The summed E-state index contributed by atoms with van der Waals surface area (Å²) >= 11 is 18.7.